The molecule has 0 aromatic carbocycles. The molecule has 0 saturated carbocycles. The lowest BCUT2D eigenvalue weighted by molar-refractivity contribution is 0.240. The average Bonchev–Trinajstić information content (AvgIpc) is 2.24. The zero-order valence-corrected chi connectivity index (χ0v) is 10.9. The average molecular weight is 227 g/mol. The highest BCUT2D eigenvalue weighted by Gasteiger charge is 2.00. The van der Waals surface area contributed by atoms with Crippen molar-refractivity contribution in [3.05, 3.63) is 12.3 Å². The van der Waals surface area contributed by atoms with Crippen LogP contribution in [0, 0.1) is 5.92 Å². The molecule has 0 saturated heterocycles. The highest BCUT2D eigenvalue weighted by atomic mass is 16.2. The van der Waals surface area contributed by atoms with E-state index >= 15 is 0 Å². The molecule has 0 fully saturated rings. The molecule has 16 heavy (non-hydrogen) atoms. The second-order valence-corrected chi connectivity index (χ2v) is 4.03. The van der Waals surface area contributed by atoms with E-state index in [0.29, 0.717) is 12.5 Å². The summed E-state index contributed by atoms with van der Waals surface area (Å²) < 4.78 is 0. The molecule has 4 heteroatoms. The zero-order valence-electron chi connectivity index (χ0n) is 10.9. The van der Waals surface area contributed by atoms with Crippen LogP contribution >= 0.6 is 0 Å². The van der Waals surface area contributed by atoms with Crippen molar-refractivity contribution in [1.29, 1.82) is 0 Å². The predicted octanol–water partition coefficient (Wildman–Crippen LogP) is 1.80. The number of likely N-dealkylation sites (N-methyl/N-ethyl adjacent to an activating group) is 1. The number of carbonyl (C=O) groups excluding carboxylic acids is 1. The second kappa shape index (κ2) is 9.21. The third kappa shape index (κ3) is 8.29. The largest absolute Gasteiger partial charge is 0.337 e. The van der Waals surface area contributed by atoms with Crippen molar-refractivity contribution in [2.45, 2.75) is 27.7 Å². The van der Waals surface area contributed by atoms with Gasteiger partial charge in [0.15, 0.2) is 0 Å². The van der Waals surface area contributed by atoms with Crippen LogP contribution in [0.2, 0.25) is 0 Å². The van der Waals surface area contributed by atoms with Crippen LogP contribution in [0.25, 0.3) is 0 Å². The Morgan fingerprint density at radius 3 is 2.44 bits per heavy atom. The minimum Gasteiger partial charge on any atom is -0.337 e. The van der Waals surface area contributed by atoms with Gasteiger partial charge in [0.1, 0.15) is 0 Å². The Bertz CT molecular complexity index is 210. The van der Waals surface area contributed by atoms with E-state index < -0.39 is 0 Å². The van der Waals surface area contributed by atoms with Crippen molar-refractivity contribution in [3.63, 3.8) is 0 Å². The van der Waals surface area contributed by atoms with E-state index in [-0.39, 0.29) is 6.03 Å². The number of hydrogen-bond acceptors (Lipinski definition) is 2. The first kappa shape index (κ1) is 15.0. The molecule has 0 aliphatic carbocycles. The molecule has 94 valence electrons. The van der Waals surface area contributed by atoms with Crippen molar-refractivity contribution in [3.8, 4) is 0 Å². The van der Waals surface area contributed by atoms with Gasteiger partial charge < -0.3 is 15.5 Å². The quantitative estimate of drug-likeness (QED) is 0.696. The smallest absolute Gasteiger partial charge is 0.318 e. The minimum atomic E-state index is -0.135. The van der Waals surface area contributed by atoms with Gasteiger partial charge in [-0.3, -0.25) is 0 Å². The fourth-order valence-corrected chi connectivity index (χ4v) is 1.23. The molecule has 0 aliphatic rings. The molecule has 0 bridgehead atoms. The maximum Gasteiger partial charge on any atom is 0.318 e. The fourth-order valence-electron chi connectivity index (χ4n) is 1.23. The van der Waals surface area contributed by atoms with Gasteiger partial charge in [-0.1, -0.05) is 33.8 Å². The maximum absolute atomic E-state index is 11.3. The summed E-state index contributed by atoms with van der Waals surface area (Å²) in [7, 11) is 0. The van der Waals surface area contributed by atoms with E-state index in [1.54, 1.807) is 6.20 Å². The monoisotopic (exact) mass is 227 g/mol. The molecule has 2 N–H and O–H groups in total. The summed E-state index contributed by atoms with van der Waals surface area (Å²) >= 11 is 0. The molecule has 0 aromatic rings. The molecule has 2 amide bonds. The third-order valence-corrected chi connectivity index (χ3v) is 2.30. The summed E-state index contributed by atoms with van der Waals surface area (Å²) in [6.45, 7) is 12.0. The minimum absolute atomic E-state index is 0.135. The summed E-state index contributed by atoms with van der Waals surface area (Å²) in [5.74, 6) is 0.455. The number of allylic oxidation sites excluding steroid dienone is 1. The van der Waals surface area contributed by atoms with E-state index in [0.717, 1.165) is 19.6 Å². The molecular formula is C12H25N3O. The van der Waals surface area contributed by atoms with Crippen LogP contribution < -0.4 is 10.6 Å². The van der Waals surface area contributed by atoms with Crippen LogP contribution in [0.5, 0.6) is 0 Å². The van der Waals surface area contributed by atoms with Crippen LogP contribution in [-0.4, -0.2) is 37.1 Å². The SMILES string of the molecule is CCN(CC)CCNC(=O)N/C=C/C(C)C. The second-order valence-electron chi connectivity index (χ2n) is 4.03. The number of rotatable bonds is 7. The molecule has 0 radical (unpaired) electrons. The van der Waals surface area contributed by atoms with Crippen LogP contribution in [0.1, 0.15) is 27.7 Å². The number of nitrogens with one attached hydrogen (secondary N) is 2. The van der Waals surface area contributed by atoms with Gasteiger partial charge in [0.25, 0.3) is 0 Å². The molecule has 0 aromatic heterocycles. The Morgan fingerprint density at radius 1 is 1.31 bits per heavy atom. The Labute approximate surface area is 99.1 Å². The van der Waals surface area contributed by atoms with Crippen LogP contribution in [-0.2, 0) is 0 Å². The first-order valence-electron chi connectivity index (χ1n) is 6.03. The van der Waals surface area contributed by atoms with Crippen molar-refractivity contribution < 1.29 is 4.79 Å². The molecule has 4 nitrogen and oxygen atoms in total. The maximum atomic E-state index is 11.3. The van der Waals surface area contributed by atoms with Crippen molar-refractivity contribution in [1.82, 2.24) is 15.5 Å². The molecule has 0 aliphatic heterocycles. The lowest BCUT2D eigenvalue weighted by Gasteiger charge is -2.17. The molecule has 0 rings (SSSR count). The van der Waals surface area contributed by atoms with Gasteiger partial charge in [-0.15, -0.1) is 0 Å². The van der Waals surface area contributed by atoms with E-state index in [4.69, 9.17) is 0 Å². The summed E-state index contributed by atoms with van der Waals surface area (Å²) in [6.07, 6.45) is 3.64. The Morgan fingerprint density at radius 2 is 1.94 bits per heavy atom. The normalized spacial score (nSPS) is 11.4. The van der Waals surface area contributed by atoms with E-state index in [9.17, 15) is 4.79 Å². The Hall–Kier alpha value is -1.03. The van der Waals surface area contributed by atoms with Crippen molar-refractivity contribution in [2.24, 2.45) is 5.92 Å². The van der Waals surface area contributed by atoms with Gasteiger partial charge in [-0.2, -0.15) is 0 Å². The van der Waals surface area contributed by atoms with E-state index in [1.807, 2.05) is 6.08 Å². The van der Waals surface area contributed by atoms with Gasteiger partial charge in [0, 0.05) is 19.3 Å². The summed E-state index contributed by atoms with van der Waals surface area (Å²) in [4.78, 5) is 13.6. The standard InChI is InChI=1S/C12H25N3O/c1-5-15(6-2)10-9-14-12(16)13-8-7-11(3)4/h7-8,11H,5-6,9-10H2,1-4H3,(H2,13,14,16)/b8-7+. The first-order valence-corrected chi connectivity index (χ1v) is 6.03. The third-order valence-electron chi connectivity index (χ3n) is 2.30. The summed E-state index contributed by atoms with van der Waals surface area (Å²) in [5, 5.41) is 5.49. The molecule has 0 unspecified atom stereocenters. The summed E-state index contributed by atoms with van der Waals surface area (Å²) in [5.41, 5.74) is 0. The Balaban J connectivity index is 3.58. The van der Waals surface area contributed by atoms with Gasteiger partial charge in [-0.05, 0) is 19.0 Å². The number of hydrogen-bond donors (Lipinski definition) is 2. The number of amides is 2. The summed E-state index contributed by atoms with van der Waals surface area (Å²) in [6, 6.07) is -0.135. The van der Waals surface area contributed by atoms with Crippen molar-refractivity contribution in [2.75, 3.05) is 26.2 Å². The first-order chi connectivity index (χ1) is 7.60. The zero-order chi connectivity index (χ0) is 12.4. The van der Waals surface area contributed by atoms with Crippen LogP contribution in [0.3, 0.4) is 0 Å². The highest BCUT2D eigenvalue weighted by Crippen LogP contribution is 1.90. The topological polar surface area (TPSA) is 44.4 Å². The van der Waals surface area contributed by atoms with E-state index in [2.05, 4.69) is 43.2 Å². The van der Waals surface area contributed by atoms with Gasteiger partial charge in [-0.25, -0.2) is 4.79 Å². The molecule has 0 atom stereocenters. The van der Waals surface area contributed by atoms with Gasteiger partial charge in [0.2, 0.25) is 0 Å². The fraction of sp³-hybridized carbons (Fsp3) is 0.750. The lowest BCUT2D eigenvalue weighted by atomic mass is 10.2. The predicted molar refractivity (Wildman–Crippen MR) is 68.3 cm³/mol. The van der Waals surface area contributed by atoms with Gasteiger partial charge in [0.05, 0.1) is 0 Å². The van der Waals surface area contributed by atoms with E-state index in [1.165, 1.54) is 0 Å². The van der Waals surface area contributed by atoms with Gasteiger partial charge >= 0.3 is 6.03 Å². The van der Waals surface area contributed by atoms with Crippen LogP contribution in [0.15, 0.2) is 12.3 Å². The molecular weight excluding hydrogens is 202 g/mol. The number of urea groups is 1. The van der Waals surface area contributed by atoms with Crippen molar-refractivity contribution >= 4 is 6.03 Å². The lowest BCUT2D eigenvalue weighted by Crippen LogP contribution is -2.38. The van der Waals surface area contributed by atoms with Crippen LogP contribution in [0.4, 0.5) is 4.79 Å². The number of nitrogens with zero attached hydrogens (tertiary/aromatic N) is 1. The number of carbonyl (C=O) groups is 1. The molecule has 0 spiro atoms. The molecule has 0 heterocycles. The highest BCUT2D eigenvalue weighted by molar-refractivity contribution is 5.74. The Kier molecular flexibility index (Phi) is 8.62.